The molecule has 7 heavy (non-hydrogen) atoms. The van der Waals surface area contributed by atoms with Gasteiger partial charge in [0.15, 0.2) is 0 Å². The van der Waals surface area contributed by atoms with Gasteiger partial charge in [-0.25, -0.2) is 0 Å². The number of amides is 1. The molecule has 4 heteroatoms. The first-order chi connectivity index (χ1) is 2.77. The molecular formula is C3H6FeNO2-. The summed E-state index contributed by atoms with van der Waals surface area (Å²) in [6.45, 7) is 1.95. The number of rotatable bonds is 1. The Hall–Kier alpha value is -0.211. The molecule has 0 spiro atoms. The molecule has 0 saturated carbocycles. The molecule has 3 nitrogen and oxygen atoms in total. The van der Waals surface area contributed by atoms with E-state index in [9.17, 15) is 4.79 Å². The Morgan fingerprint density at radius 2 is 2.29 bits per heavy atom. The molecule has 0 aliphatic carbocycles. The Bertz CT molecular complexity index is 56.9. The van der Waals surface area contributed by atoms with Gasteiger partial charge in [-0.05, 0) is 6.92 Å². The first kappa shape index (κ1) is 9.92. The molecule has 0 atom stereocenters. The van der Waals surface area contributed by atoms with E-state index in [0.29, 0.717) is 6.61 Å². The molecule has 0 heterocycles. The van der Waals surface area contributed by atoms with Crippen molar-refractivity contribution in [1.29, 1.82) is 0 Å². The van der Waals surface area contributed by atoms with Crippen LogP contribution in [0, 0.1) is 0 Å². The molecule has 0 aliphatic rings. The zero-order valence-corrected chi connectivity index (χ0v) is 4.98. The van der Waals surface area contributed by atoms with E-state index in [4.69, 9.17) is 5.73 Å². The number of ether oxygens (including phenoxy) is 1. The Balaban J connectivity index is 0. The van der Waals surface area contributed by atoms with Crippen LogP contribution < -0.4 is 0 Å². The summed E-state index contributed by atoms with van der Waals surface area (Å²) in [5.74, 6) is 0. The van der Waals surface area contributed by atoms with E-state index in [1.807, 2.05) is 0 Å². The van der Waals surface area contributed by atoms with Gasteiger partial charge in [0.25, 0.3) is 0 Å². The van der Waals surface area contributed by atoms with Crippen LogP contribution in [-0.2, 0) is 21.8 Å². The molecule has 1 N–H and O–H groups in total. The third kappa shape index (κ3) is 10.7. The minimum atomic E-state index is -0.961. The van der Waals surface area contributed by atoms with Crippen LogP contribution in [0.5, 0.6) is 0 Å². The summed E-state index contributed by atoms with van der Waals surface area (Å²) in [5.41, 5.74) is 6.12. The van der Waals surface area contributed by atoms with Crippen molar-refractivity contribution in [3.8, 4) is 0 Å². The van der Waals surface area contributed by atoms with E-state index in [1.54, 1.807) is 6.92 Å². The molecule has 0 aliphatic heterocycles. The van der Waals surface area contributed by atoms with E-state index in [1.165, 1.54) is 0 Å². The molecule has 44 valence electrons. The molecule has 0 fully saturated rings. The summed E-state index contributed by atoms with van der Waals surface area (Å²) >= 11 is 0. The molecule has 0 aromatic carbocycles. The van der Waals surface area contributed by atoms with Gasteiger partial charge >= 0.3 is 0 Å². The van der Waals surface area contributed by atoms with Gasteiger partial charge in [-0.1, -0.05) is 0 Å². The molecule has 0 radical (unpaired) electrons. The van der Waals surface area contributed by atoms with Crippen LogP contribution in [0.1, 0.15) is 6.92 Å². The van der Waals surface area contributed by atoms with Crippen molar-refractivity contribution in [3.05, 3.63) is 5.73 Å². The summed E-state index contributed by atoms with van der Waals surface area (Å²) < 4.78 is 4.07. The third-order valence-corrected chi connectivity index (χ3v) is 0.275. The molecular weight excluding hydrogens is 138 g/mol. The Morgan fingerprint density at radius 1 is 1.86 bits per heavy atom. The average Bonchev–Trinajstić information content (AvgIpc) is 1.35. The smallest absolute Gasteiger partial charge is 0.227 e. The van der Waals surface area contributed by atoms with Crippen LogP contribution in [-0.4, -0.2) is 12.7 Å². The second-order valence-corrected chi connectivity index (χ2v) is 0.720. The monoisotopic (exact) mass is 144 g/mol. The van der Waals surface area contributed by atoms with Crippen molar-refractivity contribution >= 4 is 6.09 Å². The van der Waals surface area contributed by atoms with Gasteiger partial charge in [0, 0.05) is 17.1 Å². The summed E-state index contributed by atoms with van der Waals surface area (Å²) in [5, 5.41) is 0. The largest absolute Gasteiger partial charge is 0.632 e. The van der Waals surface area contributed by atoms with Crippen LogP contribution in [0.3, 0.4) is 0 Å². The molecule has 0 bridgehead atoms. The number of nitrogens with one attached hydrogen (secondary N) is 1. The van der Waals surface area contributed by atoms with Crippen molar-refractivity contribution in [2.45, 2.75) is 6.92 Å². The third-order valence-electron chi connectivity index (χ3n) is 0.275. The first-order valence-corrected chi connectivity index (χ1v) is 1.65. The standard InChI is InChI=1S/C3H7NO2.Fe/c1-2-6-3(4)5;/h2H2,1H3,(H2,4,5);/p-1. The zero-order valence-electron chi connectivity index (χ0n) is 3.88. The fraction of sp³-hybridized carbons (Fsp3) is 0.667. The molecule has 0 unspecified atom stereocenters. The van der Waals surface area contributed by atoms with Gasteiger partial charge in [0.1, 0.15) is 0 Å². The maximum Gasteiger partial charge on any atom is 0.227 e. The summed E-state index contributed by atoms with van der Waals surface area (Å²) in [6, 6.07) is 0. The first-order valence-electron chi connectivity index (χ1n) is 1.65. The Kier molecular flexibility index (Phi) is 8.21. The van der Waals surface area contributed by atoms with Crippen LogP contribution in [0.2, 0.25) is 0 Å². The van der Waals surface area contributed by atoms with E-state index in [2.05, 4.69) is 4.74 Å². The van der Waals surface area contributed by atoms with Crippen molar-refractivity contribution in [3.63, 3.8) is 0 Å². The van der Waals surface area contributed by atoms with E-state index >= 15 is 0 Å². The van der Waals surface area contributed by atoms with Gasteiger partial charge in [-0.2, -0.15) is 0 Å². The maximum absolute atomic E-state index is 9.49. The second kappa shape index (κ2) is 5.79. The number of hydrogen-bond donors (Lipinski definition) is 0. The van der Waals surface area contributed by atoms with E-state index < -0.39 is 6.09 Å². The number of carbonyl (C=O) groups excluding carboxylic acids is 1. The summed E-state index contributed by atoms with van der Waals surface area (Å²) in [7, 11) is 0. The van der Waals surface area contributed by atoms with Gasteiger partial charge in [-0.3, -0.25) is 4.79 Å². The Labute approximate surface area is 52.7 Å². The van der Waals surface area contributed by atoms with Crippen LogP contribution in [0.15, 0.2) is 0 Å². The fourth-order valence-corrected chi connectivity index (χ4v) is 0.131. The number of hydrogen-bond acceptors (Lipinski definition) is 2. The zero-order chi connectivity index (χ0) is 4.99. The van der Waals surface area contributed by atoms with Crippen molar-refractivity contribution in [2.24, 2.45) is 0 Å². The van der Waals surface area contributed by atoms with Crippen molar-refractivity contribution < 1.29 is 26.6 Å². The molecule has 0 aromatic heterocycles. The van der Waals surface area contributed by atoms with Gasteiger partial charge in [-0.15, -0.1) is 0 Å². The predicted molar refractivity (Wildman–Crippen MR) is 21.3 cm³/mol. The van der Waals surface area contributed by atoms with Gasteiger partial charge < -0.3 is 10.5 Å². The normalized spacial score (nSPS) is 6.43. The molecule has 0 aromatic rings. The van der Waals surface area contributed by atoms with E-state index in [0.717, 1.165) is 0 Å². The second-order valence-electron chi connectivity index (χ2n) is 0.720. The fourth-order valence-electron chi connectivity index (χ4n) is 0.131. The quantitative estimate of drug-likeness (QED) is 0.519. The summed E-state index contributed by atoms with van der Waals surface area (Å²) in [6.07, 6.45) is -0.961. The average molecular weight is 144 g/mol. The van der Waals surface area contributed by atoms with Gasteiger partial charge in [0.05, 0.1) is 6.61 Å². The topological polar surface area (TPSA) is 50.1 Å². The van der Waals surface area contributed by atoms with Crippen LogP contribution in [0.4, 0.5) is 4.79 Å². The maximum atomic E-state index is 9.49. The summed E-state index contributed by atoms with van der Waals surface area (Å²) in [4.78, 5) is 9.49. The number of carbonyl (C=O) groups is 1. The Morgan fingerprint density at radius 3 is 2.29 bits per heavy atom. The molecule has 1 amide bonds. The molecule has 0 rings (SSSR count). The minimum Gasteiger partial charge on any atom is -0.632 e. The minimum absolute atomic E-state index is 0. The van der Waals surface area contributed by atoms with Crippen molar-refractivity contribution in [2.75, 3.05) is 6.61 Å². The van der Waals surface area contributed by atoms with Crippen LogP contribution >= 0.6 is 0 Å². The van der Waals surface area contributed by atoms with Crippen molar-refractivity contribution in [1.82, 2.24) is 0 Å². The predicted octanol–water partition coefficient (Wildman–Crippen LogP) is 1.19. The SMILES string of the molecule is CCOC([NH-])=O.[Fe]. The van der Waals surface area contributed by atoms with E-state index in [-0.39, 0.29) is 17.1 Å². The van der Waals surface area contributed by atoms with Crippen LogP contribution in [0.25, 0.3) is 5.73 Å². The molecule has 0 saturated heterocycles. The van der Waals surface area contributed by atoms with Gasteiger partial charge in [0.2, 0.25) is 6.09 Å².